The molecule has 9 heavy (non-hydrogen) atoms. The van der Waals surface area contributed by atoms with Crippen molar-refractivity contribution in [2.24, 2.45) is 0 Å². The zero-order valence-electron chi connectivity index (χ0n) is 4.78. The molecule has 1 heterocycles. The third kappa shape index (κ3) is 1.48. The van der Waals surface area contributed by atoms with Crippen molar-refractivity contribution >= 4 is 6.29 Å². The lowest BCUT2D eigenvalue weighted by atomic mass is 10.2. The molecular formula is C5H8O4. The second-order valence-electron chi connectivity index (χ2n) is 2.17. The first-order chi connectivity index (χ1) is 4.14. The molecule has 2 N–H and O–H groups in total. The van der Waals surface area contributed by atoms with E-state index in [2.05, 4.69) is 4.74 Å². The van der Waals surface area contributed by atoms with Crippen molar-refractivity contribution in [1.82, 2.24) is 0 Å². The second kappa shape index (κ2) is 2.06. The Balaban J connectivity index is 2.47. The standard InChI is InChI=1S/C5H8O4/c6-2-4-1-5(7,8)3-9-4/h2,4,7-8H,1,3H2. The third-order valence-electron chi connectivity index (χ3n) is 1.21. The van der Waals surface area contributed by atoms with Crippen LogP contribution >= 0.6 is 0 Å². The summed E-state index contributed by atoms with van der Waals surface area (Å²) >= 11 is 0. The van der Waals surface area contributed by atoms with E-state index in [0.717, 1.165) is 0 Å². The van der Waals surface area contributed by atoms with Gasteiger partial charge in [0.1, 0.15) is 19.0 Å². The topological polar surface area (TPSA) is 66.8 Å². The summed E-state index contributed by atoms with van der Waals surface area (Å²) < 4.78 is 4.65. The third-order valence-corrected chi connectivity index (χ3v) is 1.21. The van der Waals surface area contributed by atoms with E-state index in [1.54, 1.807) is 0 Å². The van der Waals surface area contributed by atoms with Crippen molar-refractivity contribution in [3.05, 3.63) is 0 Å². The molecule has 1 rings (SSSR count). The lowest BCUT2D eigenvalue weighted by Crippen LogP contribution is -2.28. The number of aldehydes is 1. The minimum Gasteiger partial charge on any atom is -0.365 e. The zero-order chi connectivity index (χ0) is 6.91. The molecule has 0 aromatic carbocycles. The molecule has 0 radical (unpaired) electrons. The van der Waals surface area contributed by atoms with Gasteiger partial charge in [0, 0.05) is 6.42 Å². The Kier molecular flexibility index (Phi) is 1.52. The molecule has 0 saturated carbocycles. The van der Waals surface area contributed by atoms with Crippen molar-refractivity contribution in [1.29, 1.82) is 0 Å². The van der Waals surface area contributed by atoms with Gasteiger partial charge in [0.2, 0.25) is 0 Å². The summed E-state index contributed by atoms with van der Waals surface area (Å²) in [5, 5.41) is 17.5. The van der Waals surface area contributed by atoms with Gasteiger partial charge in [-0.2, -0.15) is 0 Å². The summed E-state index contributed by atoms with van der Waals surface area (Å²) in [4.78, 5) is 9.95. The van der Waals surface area contributed by atoms with Crippen LogP contribution in [0.1, 0.15) is 6.42 Å². The van der Waals surface area contributed by atoms with Crippen molar-refractivity contribution in [3.63, 3.8) is 0 Å². The fourth-order valence-corrected chi connectivity index (χ4v) is 0.768. The monoisotopic (exact) mass is 132 g/mol. The van der Waals surface area contributed by atoms with Crippen LogP contribution in [0.5, 0.6) is 0 Å². The second-order valence-corrected chi connectivity index (χ2v) is 2.17. The van der Waals surface area contributed by atoms with Gasteiger partial charge in [-0.15, -0.1) is 0 Å². The molecule has 1 fully saturated rings. The largest absolute Gasteiger partial charge is 0.365 e. The van der Waals surface area contributed by atoms with Crippen LogP contribution in [0.4, 0.5) is 0 Å². The minimum absolute atomic E-state index is 0.0174. The molecular weight excluding hydrogens is 124 g/mol. The molecule has 4 nitrogen and oxygen atoms in total. The summed E-state index contributed by atoms with van der Waals surface area (Å²) in [7, 11) is 0. The number of rotatable bonds is 1. The van der Waals surface area contributed by atoms with E-state index in [1.165, 1.54) is 0 Å². The minimum atomic E-state index is -1.79. The van der Waals surface area contributed by atoms with Crippen molar-refractivity contribution in [2.75, 3.05) is 6.61 Å². The van der Waals surface area contributed by atoms with E-state index >= 15 is 0 Å². The summed E-state index contributed by atoms with van der Waals surface area (Å²) in [5.41, 5.74) is 0. The van der Waals surface area contributed by atoms with E-state index in [0.29, 0.717) is 6.29 Å². The van der Waals surface area contributed by atoms with Crippen LogP contribution < -0.4 is 0 Å². The molecule has 0 aliphatic carbocycles. The molecule has 0 aromatic rings. The molecule has 52 valence electrons. The van der Waals surface area contributed by atoms with Crippen LogP contribution in [-0.2, 0) is 9.53 Å². The predicted molar refractivity (Wildman–Crippen MR) is 27.6 cm³/mol. The number of carbonyl (C=O) groups is 1. The van der Waals surface area contributed by atoms with Crippen molar-refractivity contribution in [3.8, 4) is 0 Å². The summed E-state index contributed by atoms with van der Waals surface area (Å²) in [6.07, 6.45) is -0.0926. The van der Waals surface area contributed by atoms with Crippen LogP contribution in [0.3, 0.4) is 0 Å². The molecule has 1 atom stereocenters. The van der Waals surface area contributed by atoms with Crippen LogP contribution in [0.15, 0.2) is 0 Å². The van der Waals surface area contributed by atoms with E-state index in [4.69, 9.17) is 10.2 Å². The summed E-state index contributed by atoms with van der Waals surface area (Å²) in [6, 6.07) is 0. The van der Waals surface area contributed by atoms with Gasteiger partial charge in [0.15, 0.2) is 5.79 Å². The number of carbonyl (C=O) groups excluding carboxylic acids is 1. The lowest BCUT2D eigenvalue weighted by molar-refractivity contribution is -0.156. The highest BCUT2D eigenvalue weighted by Crippen LogP contribution is 2.19. The first-order valence-electron chi connectivity index (χ1n) is 2.66. The maximum atomic E-state index is 9.95. The van der Waals surface area contributed by atoms with E-state index in [1.807, 2.05) is 0 Å². The number of ether oxygens (including phenoxy) is 1. The highest BCUT2D eigenvalue weighted by atomic mass is 16.6. The Bertz CT molecular complexity index is 120. The molecule has 0 amide bonds. The Morgan fingerprint density at radius 2 is 2.33 bits per heavy atom. The van der Waals surface area contributed by atoms with E-state index in [9.17, 15) is 4.79 Å². The molecule has 4 heteroatoms. The first-order valence-corrected chi connectivity index (χ1v) is 2.66. The maximum Gasteiger partial charge on any atom is 0.189 e. The van der Waals surface area contributed by atoms with Crippen molar-refractivity contribution in [2.45, 2.75) is 18.3 Å². The SMILES string of the molecule is O=CC1CC(O)(O)CO1. The highest BCUT2D eigenvalue weighted by molar-refractivity contribution is 5.56. The number of aliphatic hydroxyl groups is 2. The Morgan fingerprint density at radius 1 is 1.67 bits per heavy atom. The molecule has 0 aromatic heterocycles. The number of hydrogen-bond donors (Lipinski definition) is 2. The van der Waals surface area contributed by atoms with E-state index < -0.39 is 11.9 Å². The molecule has 1 saturated heterocycles. The summed E-state index contributed by atoms with van der Waals surface area (Å²) in [6.45, 7) is -0.170. The first kappa shape index (κ1) is 6.67. The van der Waals surface area contributed by atoms with Gasteiger partial charge in [-0.25, -0.2) is 0 Å². The highest BCUT2D eigenvalue weighted by Gasteiger charge is 2.35. The molecule has 0 bridgehead atoms. The number of hydrogen-bond acceptors (Lipinski definition) is 4. The smallest absolute Gasteiger partial charge is 0.189 e. The molecule has 1 aliphatic heterocycles. The fraction of sp³-hybridized carbons (Fsp3) is 0.800. The normalized spacial score (nSPS) is 32.4. The fourth-order valence-electron chi connectivity index (χ4n) is 0.768. The van der Waals surface area contributed by atoms with Crippen LogP contribution in [-0.4, -0.2) is 35.0 Å². The van der Waals surface area contributed by atoms with Gasteiger partial charge < -0.3 is 19.7 Å². The van der Waals surface area contributed by atoms with Crippen LogP contribution in [0, 0.1) is 0 Å². The quantitative estimate of drug-likeness (QED) is 0.342. The van der Waals surface area contributed by atoms with Gasteiger partial charge >= 0.3 is 0 Å². The van der Waals surface area contributed by atoms with Crippen LogP contribution in [0.2, 0.25) is 0 Å². The maximum absolute atomic E-state index is 9.95. The average Bonchev–Trinajstić information content (AvgIpc) is 2.10. The molecule has 1 unspecified atom stereocenters. The van der Waals surface area contributed by atoms with Gasteiger partial charge in [-0.05, 0) is 0 Å². The van der Waals surface area contributed by atoms with Gasteiger partial charge in [-0.3, -0.25) is 0 Å². The lowest BCUT2D eigenvalue weighted by Gasteiger charge is -2.09. The predicted octanol–water partition coefficient (Wildman–Crippen LogP) is -1.34. The molecule has 1 aliphatic rings. The summed E-state index contributed by atoms with van der Waals surface area (Å²) in [5.74, 6) is -1.79. The Morgan fingerprint density at radius 3 is 2.56 bits per heavy atom. The average molecular weight is 132 g/mol. The van der Waals surface area contributed by atoms with Crippen molar-refractivity contribution < 1.29 is 19.7 Å². The van der Waals surface area contributed by atoms with E-state index in [-0.39, 0.29) is 13.0 Å². The van der Waals surface area contributed by atoms with Gasteiger partial charge in [0.25, 0.3) is 0 Å². The van der Waals surface area contributed by atoms with Crippen LogP contribution in [0.25, 0.3) is 0 Å². The molecule has 0 spiro atoms. The zero-order valence-corrected chi connectivity index (χ0v) is 4.78. The Hall–Kier alpha value is -0.450. The van der Waals surface area contributed by atoms with Gasteiger partial charge in [-0.1, -0.05) is 0 Å². The van der Waals surface area contributed by atoms with Gasteiger partial charge in [0.05, 0.1) is 0 Å². The Labute approximate surface area is 52.1 Å².